The number of pyridine rings is 5. The van der Waals surface area contributed by atoms with Gasteiger partial charge in [-0.05, 0) is 191 Å². The van der Waals surface area contributed by atoms with Gasteiger partial charge >= 0.3 is 25.0 Å². The fourth-order valence-electron chi connectivity index (χ4n) is 7.87. The number of carboxylic acids is 1. The van der Waals surface area contributed by atoms with Gasteiger partial charge in [0, 0.05) is 69.8 Å². The molecule has 0 saturated heterocycles. The quantitative estimate of drug-likeness (QED) is 0.0258. The highest BCUT2D eigenvalue weighted by Gasteiger charge is 2.32. The number of carbonyl (C=O) groups is 3. The van der Waals surface area contributed by atoms with E-state index in [0.717, 1.165) is 59.8 Å². The van der Waals surface area contributed by atoms with Gasteiger partial charge in [0.1, 0.15) is 19.6 Å². The first kappa shape index (κ1) is 83.8. The van der Waals surface area contributed by atoms with Crippen molar-refractivity contribution < 1.29 is 47.8 Å². The van der Waals surface area contributed by atoms with Gasteiger partial charge in [0.25, 0.3) is 0 Å². The molecule has 0 spiro atoms. The van der Waals surface area contributed by atoms with Gasteiger partial charge in [-0.15, -0.1) is 36.2 Å². The highest BCUT2D eigenvalue weighted by atomic mass is 79.9. The molecule has 5 heterocycles. The van der Waals surface area contributed by atoms with Crippen molar-refractivity contribution >= 4 is 94.2 Å². The normalized spacial score (nSPS) is 10.2. The molecule has 102 heavy (non-hydrogen) atoms. The van der Waals surface area contributed by atoms with Crippen molar-refractivity contribution in [1.29, 1.82) is 26.3 Å². The van der Waals surface area contributed by atoms with E-state index in [4.69, 9.17) is 57.4 Å². The van der Waals surface area contributed by atoms with Crippen molar-refractivity contribution in [2.45, 2.75) is 83.9 Å². The number of hydrogen-bond donors (Lipinski definition) is 4. The van der Waals surface area contributed by atoms with E-state index in [2.05, 4.69) is 71.7 Å². The zero-order valence-electron chi connectivity index (χ0n) is 56.3. The van der Waals surface area contributed by atoms with Gasteiger partial charge in [0.2, 0.25) is 0 Å². The maximum atomic E-state index is 13.3. The second-order valence-corrected chi connectivity index (χ2v) is 28.3. The minimum absolute atomic E-state index is 0.111. The summed E-state index contributed by atoms with van der Waals surface area (Å²) in [5.74, 6) is -2.18. The van der Waals surface area contributed by atoms with Crippen molar-refractivity contribution in [1.82, 2.24) is 24.9 Å². The van der Waals surface area contributed by atoms with E-state index in [0.29, 0.717) is 52.1 Å². The molecule has 18 nitrogen and oxygen atoms in total. The molecule has 0 aliphatic heterocycles. The van der Waals surface area contributed by atoms with E-state index in [1.807, 2.05) is 80.6 Å². The number of nitrogens with zero attached hydrogens (tertiary/aromatic N) is 10. The summed E-state index contributed by atoms with van der Waals surface area (Å²) in [5, 5.41) is 70.1. The Labute approximate surface area is 619 Å². The number of carbonyl (C=O) groups excluding carboxylic acids is 2. The molecule has 0 amide bonds. The topological polar surface area (TPSA) is 314 Å². The Morgan fingerprint density at radius 3 is 1.11 bits per heavy atom. The zero-order valence-corrected chi connectivity index (χ0v) is 61.2. The van der Waals surface area contributed by atoms with Gasteiger partial charge in [0.05, 0.1) is 88.8 Å². The number of hydrogen-bond acceptors (Lipinski definition) is 20. The van der Waals surface area contributed by atoms with E-state index < -0.39 is 32.7 Å². The molecule has 10 rings (SSSR count). The average Bonchev–Trinajstić information content (AvgIpc) is 0.817. The number of alkyl halides is 1. The number of benzene rings is 5. The summed E-state index contributed by atoms with van der Waals surface area (Å²) >= 11 is 15.5. The second kappa shape index (κ2) is 42.5. The number of esters is 2. The Morgan fingerprint density at radius 1 is 0.480 bits per heavy atom. The number of thioether (sulfide) groups is 2. The first-order valence-corrected chi connectivity index (χ1v) is 33.7. The molecule has 0 radical (unpaired) electrons. The second-order valence-electron chi connectivity index (χ2n) is 22.1. The third-order valence-corrected chi connectivity index (χ3v) is 16.7. The maximum absolute atomic E-state index is 13.3. The van der Waals surface area contributed by atoms with Crippen LogP contribution in [0.25, 0.3) is 44.5 Å². The van der Waals surface area contributed by atoms with E-state index in [1.54, 1.807) is 145 Å². The van der Waals surface area contributed by atoms with Crippen molar-refractivity contribution in [3.05, 3.63) is 258 Å². The maximum Gasteiger partial charge on any atom is 0.488 e. The lowest BCUT2D eigenvalue weighted by Gasteiger charge is -2.22. The first-order chi connectivity index (χ1) is 48.6. The summed E-state index contributed by atoms with van der Waals surface area (Å²) in [7, 11) is -1.46. The Hall–Kier alpha value is -10.6. The summed E-state index contributed by atoms with van der Waals surface area (Å²) in [6, 6.07) is 53.7. The summed E-state index contributed by atoms with van der Waals surface area (Å²) in [6.07, 6.45) is 15.5. The highest BCUT2D eigenvalue weighted by Crippen LogP contribution is 2.40. The van der Waals surface area contributed by atoms with Crippen LogP contribution >= 0.6 is 63.7 Å². The minimum Gasteiger partial charge on any atom is -0.480 e. The Kier molecular flexibility index (Phi) is 34.9. The van der Waals surface area contributed by atoms with E-state index in [9.17, 15) is 28.3 Å². The van der Waals surface area contributed by atoms with E-state index in [-0.39, 0.29) is 22.8 Å². The molecule has 3 N–H and O–H groups in total. The minimum atomic E-state index is -1.46. The van der Waals surface area contributed by atoms with Crippen LogP contribution in [-0.2, 0) is 23.9 Å². The van der Waals surface area contributed by atoms with E-state index >= 15 is 0 Å². The average molecular weight is 1510 g/mol. The molecule has 10 aromatic rings. The van der Waals surface area contributed by atoms with E-state index in [1.165, 1.54) is 72.4 Å². The fraction of sp³-hybridized carbons (Fsp3) is 0.171. The van der Waals surface area contributed by atoms with Crippen LogP contribution < -0.4 is 5.46 Å². The molecule has 518 valence electrons. The monoisotopic (exact) mass is 1510 g/mol. The zero-order chi connectivity index (χ0) is 75.4. The van der Waals surface area contributed by atoms with Crippen molar-refractivity contribution in [2.75, 3.05) is 13.2 Å². The van der Waals surface area contributed by atoms with Gasteiger partial charge in [-0.2, -0.15) is 26.3 Å². The SMILES string of the molecule is CC(C)(Sc1cnccc1-c1ccc(C#N)cc1)C(=O)O.CCOC(=O)C(C)(C)Br.CCOC(=O)C(C)(C)Sc1cnccc1-c1ccc(C#N)cc1.Fc1cnccc1Cl.N#Cc1ccc(-c2ccncc2F)cc1.N#Cc1ccc(-c2ccncc2S)cc1.N#Cc1ccc(B(O)O)cc1. The molecule has 0 aliphatic rings. The molecule has 5 aromatic carbocycles. The van der Waals surface area contributed by atoms with Crippen molar-refractivity contribution in [3.8, 4) is 74.9 Å². The molecule has 0 bridgehead atoms. The van der Waals surface area contributed by atoms with Crippen LogP contribution in [0, 0.1) is 68.3 Å². The number of carboxylic acid groups (broad SMARTS) is 1. The molecular formula is C76H67BBrClF2N10O8S3. The number of nitriles is 5. The molecule has 26 heteroatoms. The number of rotatable bonds is 14. The fourth-order valence-corrected chi connectivity index (χ4v) is 10.5. The van der Waals surface area contributed by atoms with Crippen LogP contribution in [0.5, 0.6) is 0 Å². The lowest BCUT2D eigenvalue weighted by Crippen LogP contribution is -2.30. The predicted molar refractivity (Wildman–Crippen MR) is 399 cm³/mol. The largest absolute Gasteiger partial charge is 0.488 e. The van der Waals surface area contributed by atoms with Crippen LogP contribution in [0.2, 0.25) is 5.02 Å². The summed E-state index contributed by atoms with van der Waals surface area (Å²) in [4.78, 5) is 56.1. The van der Waals surface area contributed by atoms with Crippen LogP contribution in [0.15, 0.2) is 228 Å². The Bertz CT molecular complexity index is 4490. The van der Waals surface area contributed by atoms with Gasteiger partial charge in [-0.25, -0.2) is 8.78 Å². The number of thiol groups is 1. The van der Waals surface area contributed by atoms with Crippen molar-refractivity contribution in [3.63, 3.8) is 0 Å². The molecule has 0 aliphatic carbocycles. The lowest BCUT2D eigenvalue weighted by molar-refractivity contribution is -0.145. The van der Waals surface area contributed by atoms with Crippen LogP contribution in [0.4, 0.5) is 8.78 Å². The third kappa shape index (κ3) is 27.8. The van der Waals surface area contributed by atoms with Gasteiger partial charge in [-0.3, -0.25) is 39.3 Å². The summed E-state index contributed by atoms with van der Waals surface area (Å²) in [6.45, 7) is 14.9. The van der Waals surface area contributed by atoms with Gasteiger partial charge in [0.15, 0.2) is 5.82 Å². The number of aromatic nitrogens is 5. The summed E-state index contributed by atoms with van der Waals surface area (Å²) in [5.41, 5.74) is 10.4. The molecule has 0 unspecified atom stereocenters. The predicted octanol–water partition coefficient (Wildman–Crippen LogP) is 16.1. The number of aliphatic carboxylic acids is 1. The number of ether oxygens (including phenoxy) is 2. The van der Waals surface area contributed by atoms with Crippen LogP contribution in [0.1, 0.15) is 83.2 Å². The third-order valence-electron chi connectivity index (χ3n) is 13.3. The Balaban J connectivity index is 0.000000259. The lowest BCUT2D eigenvalue weighted by atomic mass is 9.80. The number of halogens is 4. The van der Waals surface area contributed by atoms with Crippen LogP contribution in [-0.4, -0.2) is 92.1 Å². The summed E-state index contributed by atoms with van der Waals surface area (Å²) < 4.78 is 33.1. The Morgan fingerprint density at radius 2 is 0.794 bits per heavy atom. The van der Waals surface area contributed by atoms with Gasteiger partial charge < -0.3 is 24.6 Å². The van der Waals surface area contributed by atoms with Crippen LogP contribution in [0.3, 0.4) is 0 Å². The molecule has 5 aromatic heterocycles. The highest BCUT2D eigenvalue weighted by molar-refractivity contribution is 9.10. The smallest absolute Gasteiger partial charge is 0.480 e. The molecule has 0 atom stereocenters. The molecular weight excluding hydrogens is 1440 g/mol. The molecule has 0 fully saturated rings. The standard InChI is InChI=1S/C18H18N2O2S.C16H14N2O2S.C12H7FN2.C12H8N2S.C7H6BNO2.C6H11BrO2.C5H3ClFN/c1-4-22-17(21)18(2,3)23-16-12-20-10-9-15(16)14-7-5-13(11-19)6-8-14;1-16(2,15(19)20)21-14-10-18-8-7-13(14)12-5-3-11(9-17)4-6-12;13-12-8-15-6-5-11(12)10-3-1-9(7-14)2-4-10;13-7-9-1-3-10(4-2-9)11-5-6-14-8-12(11)15;9-5-6-1-3-7(4-2-6)8(10)11;1-4-9-5(8)6(2,3)7;6-4-1-2-8-3-5(4)7/h5-10,12H,4H2,1-3H3;3-8,10H,1-2H3,(H,19,20);1-6,8H;1-6,8,15H;1-4,10-11H;4H2,1-3H3;1-3H. The van der Waals surface area contributed by atoms with Gasteiger partial charge in [-0.1, -0.05) is 88.2 Å². The molecule has 0 saturated carbocycles. The van der Waals surface area contributed by atoms with Crippen molar-refractivity contribution in [2.24, 2.45) is 0 Å². The first-order valence-electron chi connectivity index (χ1n) is 30.4.